The first-order valence-electron chi connectivity index (χ1n) is 7.29. The largest absolute Gasteiger partial charge is 0.465 e. The molecule has 1 aliphatic heterocycles. The van der Waals surface area contributed by atoms with Crippen LogP contribution in [-0.2, 0) is 24.2 Å². The van der Waals surface area contributed by atoms with Crippen molar-refractivity contribution in [3.63, 3.8) is 0 Å². The molecule has 1 aliphatic rings. The Morgan fingerprint density at radius 2 is 2.26 bits per heavy atom. The van der Waals surface area contributed by atoms with E-state index in [1.54, 1.807) is 19.1 Å². The predicted molar refractivity (Wildman–Crippen MR) is 83.1 cm³/mol. The van der Waals surface area contributed by atoms with Gasteiger partial charge in [0, 0.05) is 18.7 Å². The number of hydrogen-bond donors (Lipinski definition) is 0. The molecule has 0 unspecified atom stereocenters. The van der Waals surface area contributed by atoms with Crippen molar-refractivity contribution in [2.45, 2.75) is 19.4 Å². The average Bonchev–Trinajstić information content (AvgIpc) is 3.13. The summed E-state index contributed by atoms with van der Waals surface area (Å²) in [6.45, 7) is 1.73. The molecule has 1 fully saturated rings. The summed E-state index contributed by atoms with van der Waals surface area (Å²) in [4.78, 5) is 25.1. The smallest absolute Gasteiger partial charge is 0.331 e. The van der Waals surface area contributed by atoms with Gasteiger partial charge in [0.15, 0.2) is 16.4 Å². The molecule has 8 heteroatoms. The molecular formula is C15H19NO6S. The molecular weight excluding hydrogens is 322 g/mol. The minimum Gasteiger partial charge on any atom is -0.465 e. The quantitative estimate of drug-likeness (QED) is 0.563. The van der Waals surface area contributed by atoms with Gasteiger partial charge in [-0.25, -0.2) is 13.2 Å². The van der Waals surface area contributed by atoms with Gasteiger partial charge in [-0.15, -0.1) is 0 Å². The Morgan fingerprint density at radius 1 is 1.48 bits per heavy atom. The van der Waals surface area contributed by atoms with Gasteiger partial charge in [-0.05, 0) is 31.6 Å². The highest BCUT2D eigenvalue weighted by Gasteiger charge is 2.34. The summed E-state index contributed by atoms with van der Waals surface area (Å²) in [5, 5.41) is 0. The Hall–Kier alpha value is -2.09. The number of hydrogen-bond acceptors (Lipinski definition) is 6. The number of rotatable bonds is 6. The van der Waals surface area contributed by atoms with Crippen molar-refractivity contribution < 1.29 is 27.2 Å². The molecule has 2 rings (SSSR count). The fourth-order valence-electron chi connectivity index (χ4n) is 2.46. The topological polar surface area (TPSA) is 93.9 Å². The van der Waals surface area contributed by atoms with Crippen LogP contribution in [-0.4, -0.2) is 55.9 Å². The standard InChI is InChI=1S/C15H19NO6S/c1-2-16(12-7-9-23(19,20)11-12)14(17)10-22-15(18)6-5-13-4-3-8-21-13/h3-6,8,12H,2,7,9-11H2,1H3/b6-5+/t12-/m0/s1. The molecule has 0 bridgehead atoms. The average molecular weight is 341 g/mol. The van der Waals surface area contributed by atoms with E-state index in [2.05, 4.69) is 0 Å². The first kappa shape index (κ1) is 17.3. The number of carbonyl (C=O) groups excluding carboxylic acids is 2. The molecule has 23 heavy (non-hydrogen) atoms. The van der Waals surface area contributed by atoms with Gasteiger partial charge in [-0.1, -0.05) is 0 Å². The predicted octanol–water partition coefficient (Wildman–Crippen LogP) is 0.872. The molecule has 2 heterocycles. The van der Waals surface area contributed by atoms with Crippen molar-refractivity contribution in [2.24, 2.45) is 0 Å². The fraction of sp³-hybridized carbons (Fsp3) is 0.467. The van der Waals surface area contributed by atoms with Gasteiger partial charge in [-0.3, -0.25) is 4.79 Å². The van der Waals surface area contributed by atoms with Crippen LogP contribution in [0.25, 0.3) is 6.08 Å². The number of sulfone groups is 1. The lowest BCUT2D eigenvalue weighted by molar-refractivity contribution is -0.149. The maximum atomic E-state index is 12.1. The van der Waals surface area contributed by atoms with Crippen LogP contribution in [0.15, 0.2) is 28.9 Å². The summed E-state index contributed by atoms with van der Waals surface area (Å²) >= 11 is 0. The van der Waals surface area contributed by atoms with Crippen LogP contribution in [0, 0.1) is 0 Å². The van der Waals surface area contributed by atoms with Crippen molar-refractivity contribution in [3.8, 4) is 0 Å². The summed E-state index contributed by atoms with van der Waals surface area (Å²) in [7, 11) is -3.07. The Kier molecular flexibility index (Phi) is 5.59. The van der Waals surface area contributed by atoms with Crippen LogP contribution in [0.5, 0.6) is 0 Å². The number of amides is 1. The zero-order valence-electron chi connectivity index (χ0n) is 12.8. The van der Waals surface area contributed by atoms with Gasteiger partial charge in [0.05, 0.1) is 17.8 Å². The molecule has 0 spiro atoms. The summed E-state index contributed by atoms with van der Waals surface area (Å²) in [6, 6.07) is 3.02. The van der Waals surface area contributed by atoms with Gasteiger partial charge < -0.3 is 14.1 Å². The van der Waals surface area contributed by atoms with Crippen LogP contribution in [0.2, 0.25) is 0 Å². The third-order valence-electron chi connectivity index (χ3n) is 3.57. The number of carbonyl (C=O) groups is 2. The maximum Gasteiger partial charge on any atom is 0.331 e. The van der Waals surface area contributed by atoms with Crippen LogP contribution >= 0.6 is 0 Å². The zero-order valence-corrected chi connectivity index (χ0v) is 13.6. The molecule has 0 aromatic carbocycles. The minimum absolute atomic E-state index is 0.0288. The number of ether oxygens (including phenoxy) is 1. The van der Waals surface area contributed by atoms with Gasteiger partial charge in [0.1, 0.15) is 5.76 Å². The van der Waals surface area contributed by atoms with Crippen molar-refractivity contribution in [2.75, 3.05) is 24.7 Å². The van der Waals surface area contributed by atoms with E-state index in [0.29, 0.717) is 18.7 Å². The highest BCUT2D eigenvalue weighted by Crippen LogP contribution is 2.17. The van der Waals surface area contributed by atoms with E-state index in [-0.39, 0.29) is 17.5 Å². The Morgan fingerprint density at radius 3 is 2.83 bits per heavy atom. The molecule has 0 saturated carbocycles. The number of esters is 1. The van der Waals surface area contributed by atoms with Crippen LogP contribution in [0.1, 0.15) is 19.1 Å². The molecule has 7 nitrogen and oxygen atoms in total. The molecule has 0 radical (unpaired) electrons. The summed E-state index contributed by atoms with van der Waals surface area (Å²) < 4.78 is 32.9. The first-order chi connectivity index (χ1) is 10.9. The molecule has 1 aromatic rings. The molecule has 1 amide bonds. The highest BCUT2D eigenvalue weighted by atomic mass is 32.2. The molecule has 1 atom stereocenters. The molecule has 0 N–H and O–H groups in total. The minimum atomic E-state index is -3.07. The second-order valence-corrected chi connectivity index (χ2v) is 7.42. The highest BCUT2D eigenvalue weighted by molar-refractivity contribution is 7.91. The zero-order chi connectivity index (χ0) is 16.9. The van der Waals surface area contributed by atoms with E-state index in [9.17, 15) is 18.0 Å². The van der Waals surface area contributed by atoms with Crippen LogP contribution in [0.3, 0.4) is 0 Å². The van der Waals surface area contributed by atoms with Crippen LogP contribution in [0.4, 0.5) is 0 Å². The third-order valence-corrected chi connectivity index (χ3v) is 5.33. The lowest BCUT2D eigenvalue weighted by atomic mass is 10.2. The summed E-state index contributed by atoms with van der Waals surface area (Å²) in [5.41, 5.74) is 0. The van der Waals surface area contributed by atoms with Crippen molar-refractivity contribution in [3.05, 3.63) is 30.2 Å². The van der Waals surface area contributed by atoms with E-state index in [4.69, 9.17) is 9.15 Å². The van der Waals surface area contributed by atoms with E-state index >= 15 is 0 Å². The lowest BCUT2D eigenvalue weighted by Gasteiger charge is -2.26. The second-order valence-electron chi connectivity index (χ2n) is 5.19. The monoisotopic (exact) mass is 341 g/mol. The van der Waals surface area contributed by atoms with E-state index in [0.717, 1.165) is 0 Å². The lowest BCUT2D eigenvalue weighted by Crippen LogP contribution is -2.43. The third kappa shape index (κ3) is 4.95. The fourth-order valence-corrected chi connectivity index (χ4v) is 4.19. The normalized spacial score (nSPS) is 19.8. The van der Waals surface area contributed by atoms with Gasteiger partial charge in [0.2, 0.25) is 0 Å². The molecule has 0 aliphatic carbocycles. The van der Waals surface area contributed by atoms with E-state index in [1.165, 1.54) is 23.3 Å². The second kappa shape index (κ2) is 7.45. The summed E-state index contributed by atoms with van der Waals surface area (Å²) in [5.74, 6) is -0.495. The number of likely N-dealkylation sites (N-methyl/N-ethyl adjacent to an activating group) is 1. The van der Waals surface area contributed by atoms with E-state index in [1.807, 2.05) is 0 Å². The maximum absolute atomic E-state index is 12.1. The molecule has 126 valence electrons. The number of nitrogens with zero attached hydrogens (tertiary/aromatic N) is 1. The summed E-state index contributed by atoms with van der Waals surface area (Å²) in [6.07, 6.45) is 4.51. The van der Waals surface area contributed by atoms with Gasteiger partial charge >= 0.3 is 5.97 Å². The molecule has 1 aromatic heterocycles. The first-order valence-corrected chi connectivity index (χ1v) is 9.11. The van der Waals surface area contributed by atoms with Crippen molar-refractivity contribution >= 4 is 27.8 Å². The molecule has 1 saturated heterocycles. The van der Waals surface area contributed by atoms with Gasteiger partial charge in [-0.2, -0.15) is 0 Å². The van der Waals surface area contributed by atoms with Gasteiger partial charge in [0.25, 0.3) is 5.91 Å². The number of furan rings is 1. The van der Waals surface area contributed by atoms with Crippen molar-refractivity contribution in [1.29, 1.82) is 0 Å². The van der Waals surface area contributed by atoms with Crippen molar-refractivity contribution in [1.82, 2.24) is 4.90 Å². The SMILES string of the molecule is CCN(C(=O)COC(=O)/C=C/c1ccco1)[C@H]1CCS(=O)(=O)C1. The Bertz CT molecular complexity index is 677. The Labute approximate surface area is 134 Å². The van der Waals surface area contributed by atoms with Crippen LogP contribution < -0.4 is 0 Å². The Balaban J connectivity index is 1.84. The van der Waals surface area contributed by atoms with E-state index < -0.39 is 28.3 Å².